The lowest BCUT2D eigenvalue weighted by Gasteiger charge is -2.27. The van der Waals surface area contributed by atoms with E-state index in [4.69, 9.17) is 27.9 Å². The minimum atomic E-state index is -0.364. The highest BCUT2D eigenvalue weighted by atomic mass is 35.5. The van der Waals surface area contributed by atoms with Gasteiger partial charge in [-0.2, -0.15) is 5.26 Å². The Bertz CT molecular complexity index is 1140. The van der Waals surface area contributed by atoms with E-state index in [1.807, 2.05) is 36.4 Å². The number of hydrogen-bond acceptors (Lipinski definition) is 4. The normalized spacial score (nSPS) is 10.6. The molecule has 29 heavy (non-hydrogen) atoms. The van der Waals surface area contributed by atoms with Gasteiger partial charge >= 0.3 is 0 Å². The molecule has 0 aliphatic carbocycles. The van der Waals surface area contributed by atoms with Crippen LogP contribution in [0.15, 0.2) is 48.8 Å². The zero-order chi connectivity index (χ0) is 21.0. The second-order valence-corrected chi connectivity index (χ2v) is 7.59. The fourth-order valence-electron chi connectivity index (χ4n) is 2.90. The molecular formula is C23H17Cl2N3O. The number of aromatic nitrogens is 2. The molecule has 144 valence electrons. The van der Waals surface area contributed by atoms with E-state index in [-0.39, 0.29) is 10.7 Å². The molecule has 0 fully saturated rings. The molecular weight excluding hydrogens is 405 g/mol. The Kier molecular flexibility index (Phi) is 6.09. The van der Waals surface area contributed by atoms with Crippen LogP contribution in [0.4, 0.5) is 0 Å². The van der Waals surface area contributed by atoms with Crippen molar-refractivity contribution >= 4 is 23.2 Å². The lowest BCUT2D eigenvalue weighted by atomic mass is 9.77. The predicted octanol–water partition coefficient (Wildman–Crippen LogP) is 5.39. The second-order valence-electron chi connectivity index (χ2n) is 6.84. The van der Waals surface area contributed by atoms with Gasteiger partial charge in [0.15, 0.2) is 5.75 Å². The molecule has 4 nitrogen and oxygen atoms in total. The molecule has 3 aromatic rings. The molecule has 0 aliphatic rings. The van der Waals surface area contributed by atoms with E-state index in [0.717, 1.165) is 16.7 Å². The quantitative estimate of drug-likeness (QED) is 0.420. The molecule has 3 rings (SSSR count). The maximum Gasteiger partial charge on any atom is 0.222 e. The van der Waals surface area contributed by atoms with Crippen LogP contribution < -0.4 is 4.74 Å². The fourth-order valence-corrected chi connectivity index (χ4v) is 3.30. The first-order valence-electron chi connectivity index (χ1n) is 8.73. The maximum absolute atomic E-state index is 9.42. The molecule has 0 saturated carbocycles. The Morgan fingerprint density at radius 2 is 1.55 bits per heavy atom. The molecule has 2 aromatic carbocycles. The van der Waals surface area contributed by atoms with Crippen molar-refractivity contribution < 1.29 is 4.74 Å². The smallest absolute Gasteiger partial charge is 0.222 e. The van der Waals surface area contributed by atoms with E-state index in [9.17, 15) is 5.26 Å². The van der Waals surface area contributed by atoms with E-state index in [2.05, 4.69) is 41.7 Å². The van der Waals surface area contributed by atoms with Gasteiger partial charge in [-0.25, -0.2) is 9.97 Å². The average molecular weight is 422 g/mol. The van der Waals surface area contributed by atoms with Crippen LogP contribution in [0.1, 0.15) is 41.7 Å². The number of nitrogens with zero attached hydrogens (tertiary/aromatic N) is 3. The molecule has 0 radical (unpaired) electrons. The minimum absolute atomic E-state index is 0.195. The van der Waals surface area contributed by atoms with Crippen LogP contribution in [-0.2, 0) is 5.41 Å². The number of benzene rings is 2. The summed E-state index contributed by atoms with van der Waals surface area (Å²) >= 11 is 12.0. The van der Waals surface area contributed by atoms with Crippen molar-refractivity contribution in [2.24, 2.45) is 0 Å². The van der Waals surface area contributed by atoms with Crippen LogP contribution >= 0.6 is 23.2 Å². The Labute approximate surface area is 180 Å². The monoisotopic (exact) mass is 421 g/mol. The summed E-state index contributed by atoms with van der Waals surface area (Å²) in [5.74, 6) is 6.49. The largest absolute Gasteiger partial charge is 0.494 e. The highest BCUT2D eigenvalue weighted by Gasteiger charge is 2.25. The summed E-state index contributed by atoms with van der Waals surface area (Å²) in [5, 5.41) is 10.0. The van der Waals surface area contributed by atoms with Crippen LogP contribution in [0.3, 0.4) is 0 Å². The molecule has 0 saturated heterocycles. The third kappa shape index (κ3) is 4.51. The molecule has 0 N–H and O–H groups in total. The summed E-state index contributed by atoms with van der Waals surface area (Å²) in [4.78, 5) is 7.83. The molecule has 0 bridgehead atoms. The summed E-state index contributed by atoms with van der Waals surface area (Å²) in [5.41, 5.74) is 3.61. The Balaban J connectivity index is 1.90. The molecule has 0 aliphatic heterocycles. The zero-order valence-corrected chi connectivity index (χ0v) is 17.6. The second kappa shape index (κ2) is 8.53. The summed E-state index contributed by atoms with van der Waals surface area (Å²) in [6, 6.07) is 13.8. The zero-order valence-electron chi connectivity index (χ0n) is 16.1. The van der Waals surface area contributed by atoms with Gasteiger partial charge in [0.2, 0.25) is 5.28 Å². The summed E-state index contributed by atoms with van der Waals surface area (Å²) in [7, 11) is 1.50. The number of hydrogen-bond donors (Lipinski definition) is 0. The van der Waals surface area contributed by atoms with Crippen molar-refractivity contribution in [1.82, 2.24) is 9.97 Å². The van der Waals surface area contributed by atoms with Crippen LogP contribution in [-0.4, -0.2) is 17.1 Å². The molecule has 6 heteroatoms. The van der Waals surface area contributed by atoms with Crippen molar-refractivity contribution in [2.45, 2.75) is 19.3 Å². The molecule has 1 aromatic heterocycles. The first-order chi connectivity index (χ1) is 13.8. The van der Waals surface area contributed by atoms with Gasteiger partial charge in [0.1, 0.15) is 6.07 Å². The SMILES string of the molecule is COc1c(Cl)cc(C(C)(C)c2ccc(C#Cc3cnc(Cl)nc3)cc2)cc1C#N. The number of nitriles is 1. The molecule has 0 atom stereocenters. The van der Waals surface area contributed by atoms with E-state index in [0.29, 0.717) is 21.9 Å². The van der Waals surface area contributed by atoms with Gasteiger partial charge < -0.3 is 4.74 Å². The number of rotatable bonds is 3. The average Bonchev–Trinajstić information content (AvgIpc) is 2.73. The third-order valence-electron chi connectivity index (χ3n) is 4.67. The van der Waals surface area contributed by atoms with Crippen molar-refractivity contribution in [3.8, 4) is 23.7 Å². The topological polar surface area (TPSA) is 58.8 Å². The van der Waals surface area contributed by atoms with Gasteiger partial charge in [0, 0.05) is 23.4 Å². The Hall–Kier alpha value is -3.05. The first-order valence-corrected chi connectivity index (χ1v) is 9.49. The maximum atomic E-state index is 9.42. The summed E-state index contributed by atoms with van der Waals surface area (Å²) < 4.78 is 5.24. The number of ether oxygens (including phenoxy) is 1. The predicted molar refractivity (Wildman–Crippen MR) is 114 cm³/mol. The summed E-state index contributed by atoms with van der Waals surface area (Å²) in [6.45, 7) is 4.16. The van der Waals surface area contributed by atoms with Crippen LogP contribution in [0, 0.1) is 23.2 Å². The van der Waals surface area contributed by atoms with Gasteiger partial charge in [-0.15, -0.1) is 0 Å². The number of halogens is 2. The van der Waals surface area contributed by atoms with Gasteiger partial charge in [0.25, 0.3) is 0 Å². The molecule has 1 heterocycles. The van der Waals surface area contributed by atoms with E-state index in [1.165, 1.54) is 7.11 Å². The lowest BCUT2D eigenvalue weighted by Crippen LogP contribution is -2.19. The van der Waals surface area contributed by atoms with Crippen molar-refractivity contribution in [2.75, 3.05) is 7.11 Å². The van der Waals surface area contributed by atoms with Crippen molar-refractivity contribution in [3.63, 3.8) is 0 Å². The van der Waals surface area contributed by atoms with Crippen molar-refractivity contribution in [1.29, 1.82) is 5.26 Å². The lowest BCUT2D eigenvalue weighted by molar-refractivity contribution is 0.413. The highest BCUT2D eigenvalue weighted by molar-refractivity contribution is 6.32. The Morgan fingerprint density at radius 1 is 0.931 bits per heavy atom. The van der Waals surface area contributed by atoms with Crippen LogP contribution in [0.2, 0.25) is 10.3 Å². The Morgan fingerprint density at radius 3 is 2.14 bits per heavy atom. The van der Waals surface area contributed by atoms with Crippen LogP contribution in [0.25, 0.3) is 0 Å². The molecule has 0 amide bonds. The minimum Gasteiger partial charge on any atom is -0.494 e. The van der Waals surface area contributed by atoms with Gasteiger partial charge in [0.05, 0.1) is 23.3 Å². The van der Waals surface area contributed by atoms with E-state index < -0.39 is 0 Å². The van der Waals surface area contributed by atoms with Crippen molar-refractivity contribution in [3.05, 3.63) is 86.9 Å². The van der Waals surface area contributed by atoms with Gasteiger partial charge in [-0.05, 0) is 47.0 Å². The van der Waals surface area contributed by atoms with E-state index in [1.54, 1.807) is 12.4 Å². The van der Waals surface area contributed by atoms with E-state index >= 15 is 0 Å². The van der Waals surface area contributed by atoms with Gasteiger partial charge in [-0.3, -0.25) is 0 Å². The first kappa shape index (κ1) is 20.7. The third-order valence-corrected chi connectivity index (χ3v) is 5.14. The number of methoxy groups -OCH3 is 1. The summed E-state index contributed by atoms with van der Waals surface area (Å²) in [6.07, 6.45) is 3.17. The van der Waals surface area contributed by atoms with Gasteiger partial charge in [-0.1, -0.05) is 49.4 Å². The highest BCUT2D eigenvalue weighted by Crippen LogP contribution is 2.38. The standard InChI is InChI=1S/C23H17Cl2N3O/c1-23(2,19-10-17(12-26)21(29-3)20(24)11-19)18-8-6-15(7-9-18)4-5-16-13-27-22(25)28-14-16/h6-11,13-14H,1-3H3. The van der Waals surface area contributed by atoms with Crippen LogP contribution in [0.5, 0.6) is 5.75 Å². The fraction of sp³-hybridized carbons (Fsp3) is 0.174. The molecule has 0 spiro atoms. The molecule has 0 unspecified atom stereocenters.